The summed E-state index contributed by atoms with van der Waals surface area (Å²) < 4.78 is 76.0. The van der Waals surface area contributed by atoms with E-state index in [4.69, 9.17) is 20.9 Å². The number of anilines is 2. The van der Waals surface area contributed by atoms with Crippen LogP contribution in [0.1, 0.15) is 42.2 Å². The Bertz CT molecular complexity index is 1210. The zero-order valence-corrected chi connectivity index (χ0v) is 21.2. The van der Waals surface area contributed by atoms with Crippen LogP contribution in [0.25, 0.3) is 0 Å². The van der Waals surface area contributed by atoms with Gasteiger partial charge in [0.2, 0.25) is 18.1 Å². The molecule has 6 N–H and O–H groups in total. The molecule has 1 aliphatic heterocycles. The van der Waals surface area contributed by atoms with Crippen LogP contribution >= 0.6 is 0 Å². The molecule has 1 aromatic heterocycles. The largest absolute Gasteiger partial charge is 0.493 e. The van der Waals surface area contributed by atoms with Crippen molar-refractivity contribution < 1.29 is 45.8 Å². The summed E-state index contributed by atoms with van der Waals surface area (Å²) in [4.78, 5) is 36.5. The lowest BCUT2D eigenvalue weighted by molar-refractivity contribution is -0.266. The Balaban J connectivity index is 0.000000277. The van der Waals surface area contributed by atoms with Crippen LogP contribution < -0.4 is 26.8 Å². The fourth-order valence-electron chi connectivity index (χ4n) is 3.88. The summed E-state index contributed by atoms with van der Waals surface area (Å²) in [6, 6.07) is 4.82. The third kappa shape index (κ3) is 7.17. The van der Waals surface area contributed by atoms with E-state index in [1.807, 2.05) is 0 Å². The molecule has 10 nitrogen and oxygen atoms in total. The first-order valence-corrected chi connectivity index (χ1v) is 11.4. The lowest BCUT2D eigenvalue weighted by atomic mass is 9.79. The van der Waals surface area contributed by atoms with E-state index in [0.717, 1.165) is 20.1 Å². The fraction of sp³-hybridized carbons (Fsp3) is 0.417. The molecule has 3 amide bonds. The topological polar surface area (TPSA) is 159 Å². The summed E-state index contributed by atoms with van der Waals surface area (Å²) in [6.45, 7) is 2.30. The number of hydrogen-bond donors (Lipinski definition) is 4. The molecule has 0 bridgehead atoms. The number of carbonyl (C=O) groups excluding carboxylic acids is 3. The molecule has 2 aromatic rings. The van der Waals surface area contributed by atoms with Gasteiger partial charge in [-0.25, -0.2) is 9.37 Å². The monoisotopic (exact) mass is 561 g/mol. The van der Waals surface area contributed by atoms with Crippen molar-refractivity contribution in [2.75, 3.05) is 30.9 Å². The van der Waals surface area contributed by atoms with Gasteiger partial charge in [0.25, 0.3) is 5.91 Å². The van der Waals surface area contributed by atoms with Crippen LogP contribution in [-0.2, 0) is 14.3 Å². The normalized spacial score (nSPS) is 20.4. The highest BCUT2D eigenvalue weighted by atomic mass is 19.4. The highest BCUT2D eigenvalue weighted by Gasteiger charge is 2.61. The van der Waals surface area contributed by atoms with Gasteiger partial charge in [-0.15, -0.1) is 0 Å². The molecule has 1 aromatic carbocycles. The first-order valence-electron chi connectivity index (χ1n) is 11.4. The van der Waals surface area contributed by atoms with Gasteiger partial charge in [-0.3, -0.25) is 14.4 Å². The average Bonchev–Trinajstić information content (AvgIpc) is 3.16. The Labute approximate surface area is 220 Å². The van der Waals surface area contributed by atoms with Gasteiger partial charge in [-0.05, 0) is 19.1 Å². The molecule has 214 valence electrons. The maximum absolute atomic E-state index is 13.7. The molecule has 15 heteroatoms. The van der Waals surface area contributed by atoms with Crippen molar-refractivity contribution in [1.29, 1.82) is 0 Å². The Hall–Kier alpha value is -3.85. The van der Waals surface area contributed by atoms with E-state index in [2.05, 4.69) is 15.6 Å². The predicted octanol–water partition coefficient (Wildman–Crippen LogP) is 3.08. The number of halogens is 5. The van der Waals surface area contributed by atoms with E-state index in [1.165, 1.54) is 25.1 Å². The summed E-state index contributed by atoms with van der Waals surface area (Å²) >= 11 is 0. The summed E-state index contributed by atoms with van der Waals surface area (Å²) in [6.07, 6.45) is -3.99. The number of rotatable bonds is 8. The molecule has 39 heavy (non-hydrogen) atoms. The summed E-state index contributed by atoms with van der Waals surface area (Å²) in [5.41, 5.74) is 8.40. The molecule has 0 spiro atoms. The number of alkyl halides is 3. The van der Waals surface area contributed by atoms with Crippen LogP contribution in [0.4, 0.5) is 33.5 Å². The van der Waals surface area contributed by atoms with Gasteiger partial charge >= 0.3 is 6.18 Å². The van der Waals surface area contributed by atoms with Crippen molar-refractivity contribution in [3.63, 3.8) is 0 Å². The molecule has 3 atom stereocenters. The Morgan fingerprint density at radius 3 is 2.46 bits per heavy atom. The molecule has 2 unspecified atom stereocenters. The van der Waals surface area contributed by atoms with Gasteiger partial charge in [0.15, 0.2) is 17.2 Å². The minimum Gasteiger partial charge on any atom is -0.493 e. The molecule has 0 radical (unpaired) electrons. The van der Waals surface area contributed by atoms with E-state index in [-0.39, 0.29) is 48.3 Å². The van der Waals surface area contributed by atoms with E-state index in [0.29, 0.717) is 12.1 Å². The number of methoxy groups -OCH3 is 1. The maximum atomic E-state index is 13.7. The van der Waals surface area contributed by atoms with E-state index in [1.54, 1.807) is 0 Å². The first-order chi connectivity index (χ1) is 18.2. The third-order valence-corrected chi connectivity index (χ3v) is 6.22. The molecule has 0 saturated carbocycles. The van der Waals surface area contributed by atoms with Gasteiger partial charge in [0.05, 0.1) is 13.7 Å². The number of aromatic nitrogens is 1. The maximum Gasteiger partial charge on any atom is 0.417 e. The number of nitrogens with two attached hydrogens (primary N) is 2. The van der Waals surface area contributed by atoms with Gasteiger partial charge in [0.1, 0.15) is 11.5 Å². The van der Waals surface area contributed by atoms with Gasteiger partial charge < -0.3 is 31.6 Å². The first kappa shape index (κ1) is 31.4. The lowest BCUT2D eigenvalue weighted by Gasteiger charge is -2.32. The smallest absolute Gasteiger partial charge is 0.417 e. The number of amides is 3. The number of pyridine rings is 1. The van der Waals surface area contributed by atoms with Crippen LogP contribution in [0.3, 0.4) is 0 Å². The van der Waals surface area contributed by atoms with Crippen LogP contribution in [0.15, 0.2) is 24.3 Å². The van der Waals surface area contributed by atoms with Crippen molar-refractivity contribution in [1.82, 2.24) is 4.98 Å². The van der Waals surface area contributed by atoms with E-state index >= 15 is 0 Å². The summed E-state index contributed by atoms with van der Waals surface area (Å²) in [5, 5.41) is 4.79. The van der Waals surface area contributed by atoms with E-state index < -0.39 is 41.2 Å². The van der Waals surface area contributed by atoms with E-state index in [9.17, 15) is 36.3 Å². The van der Waals surface area contributed by atoms with Crippen molar-refractivity contribution in [3.8, 4) is 5.75 Å². The zero-order valence-electron chi connectivity index (χ0n) is 21.2. The number of nitrogens with one attached hydrogen (secondary N) is 2. The number of nitrogens with zero attached hydrogens (tertiary/aromatic N) is 1. The highest BCUT2D eigenvalue weighted by molar-refractivity contribution is 5.95. The van der Waals surface area contributed by atoms with Crippen LogP contribution in [0.2, 0.25) is 0 Å². The van der Waals surface area contributed by atoms with Crippen LogP contribution in [0, 0.1) is 17.6 Å². The van der Waals surface area contributed by atoms with Crippen LogP contribution in [-0.4, -0.2) is 55.2 Å². The Kier molecular flexibility index (Phi) is 10.3. The molecule has 3 rings (SSSR count). The number of benzene rings is 1. The van der Waals surface area contributed by atoms with Gasteiger partial charge in [-0.2, -0.15) is 17.6 Å². The second kappa shape index (κ2) is 12.8. The average molecular weight is 562 g/mol. The summed E-state index contributed by atoms with van der Waals surface area (Å²) in [7, 11) is 1.14. The molecule has 0 aliphatic carbocycles. The van der Waals surface area contributed by atoms with Crippen LogP contribution in [0.5, 0.6) is 5.75 Å². The molecule has 1 saturated heterocycles. The number of primary amides is 1. The minimum absolute atomic E-state index is 0.0649. The quantitative estimate of drug-likeness (QED) is 0.285. The van der Waals surface area contributed by atoms with Crippen molar-refractivity contribution in [2.24, 2.45) is 17.4 Å². The van der Waals surface area contributed by atoms with Gasteiger partial charge in [0, 0.05) is 42.1 Å². The number of hydrogen-bond acceptors (Lipinski definition) is 7. The standard InChI is InChI=1S/C14H15F5O2.C10H13N5O3/c1-7-9(6-21-13(7,2)14(17,18)19)8-4-5-10(15)11(16)12(8)20-3;11-2-1-9(17)15-8-4-6(13-5-16)3-7(14-8)10(12)18/h4-5,7,9H,6H2,1-3H3;3-5H,1-2,11H2,(H2,12,18)(H2,13,14,15,16,17)/t7?,9?,13-;/m1./s1. The second-order valence-electron chi connectivity index (χ2n) is 8.63. The summed E-state index contributed by atoms with van der Waals surface area (Å²) in [5.74, 6) is -5.37. The Morgan fingerprint density at radius 2 is 1.95 bits per heavy atom. The fourth-order valence-corrected chi connectivity index (χ4v) is 3.88. The minimum atomic E-state index is -4.55. The highest BCUT2D eigenvalue weighted by Crippen LogP contribution is 2.51. The Morgan fingerprint density at radius 1 is 1.28 bits per heavy atom. The predicted molar refractivity (Wildman–Crippen MR) is 130 cm³/mol. The van der Waals surface area contributed by atoms with Gasteiger partial charge in [-0.1, -0.05) is 13.0 Å². The molecular weight excluding hydrogens is 533 g/mol. The molecule has 1 fully saturated rings. The van der Waals surface area contributed by atoms with Crippen molar-refractivity contribution >= 4 is 29.7 Å². The number of ether oxygens (including phenoxy) is 2. The molecular formula is C24H28F5N5O5. The van der Waals surface area contributed by atoms with Crippen molar-refractivity contribution in [2.45, 2.75) is 38.0 Å². The zero-order chi connectivity index (χ0) is 29.5. The molecule has 1 aliphatic rings. The number of carbonyl (C=O) groups is 3. The molecule has 2 heterocycles. The van der Waals surface area contributed by atoms with Crippen molar-refractivity contribution in [3.05, 3.63) is 47.2 Å². The third-order valence-electron chi connectivity index (χ3n) is 6.22. The lowest BCUT2D eigenvalue weighted by Crippen LogP contribution is -2.46. The SMILES string of the molecule is COc1c(C2CO[C@@](C)(C(F)(F)F)C2C)ccc(F)c1F.NCCC(=O)Nc1cc(NC=O)cc(C(N)=O)n1. The second-order valence-corrected chi connectivity index (χ2v) is 8.63.